The van der Waals surface area contributed by atoms with E-state index in [1.165, 1.54) is 11.0 Å². The molecular weight excluding hydrogens is 455 g/mol. The lowest BCUT2D eigenvalue weighted by molar-refractivity contribution is -0.122. The highest BCUT2D eigenvalue weighted by atomic mass is 35.5. The standard InChI is InChI=1S/C23H14Cl2N2O3S/c24-15-4-8-17(9-5-15)27-22(29)20(21(28)26-23(27)31)13-14-2-1-3-19(12-14)30-18-10-6-16(25)7-11-18/h1-13H,(H,26,28,31). The summed E-state index contributed by atoms with van der Waals surface area (Å²) in [5.74, 6) is 0.0645. The van der Waals surface area contributed by atoms with E-state index in [0.717, 1.165) is 0 Å². The number of rotatable bonds is 4. The molecule has 5 nitrogen and oxygen atoms in total. The molecule has 3 aromatic carbocycles. The van der Waals surface area contributed by atoms with Crippen LogP contribution in [0, 0.1) is 0 Å². The second-order valence-electron chi connectivity index (χ2n) is 6.56. The second-order valence-corrected chi connectivity index (χ2v) is 7.82. The normalized spacial score (nSPS) is 15.2. The maximum absolute atomic E-state index is 13.1. The number of carbonyl (C=O) groups excluding carboxylic acids is 2. The van der Waals surface area contributed by atoms with Crippen LogP contribution in [-0.2, 0) is 9.59 Å². The summed E-state index contributed by atoms with van der Waals surface area (Å²) in [6, 6.07) is 20.6. The van der Waals surface area contributed by atoms with Crippen LogP contribution in [0.15, 0.2) is 78.4 Å². The van der Waals surface area contributed by atoms with Crippen molar-refractivity contribution in [1.82, 2.24) is 5.32 Å². The van der Waals surface area contributed by atoms with Crippen molar-refractivity contribution >= 4 is 64.1 Å². The van der Waals surface area contributed by atoms with Crippen molar-refractivity contribution in [2.45, 2.75) is 0 Å². The lowest BCUT2D eigenvalue weighted by Crippen LogP contribution is -2.54. The summed E-state index contributed by atoms with van der Waals surface area (Å²) in [4.78, 5) is 26.8. The predicted octanol–water partition coefficient (Wildman–Crippen LogP) is 5.62. The largest absolute Gasteiger partial charge is 0.457 e. The smallest absolute Gasteiger partial charge is 0.270 e. The second kappa shape index (κ2) is 8.89. The van der Waals surface area contributed by atoms with Crippen LogP contribution in [0.1, 0.15) is 5.56 Å². The SMILES string of the molecule is O=C1NC(=S)N(c2ccc(Cl)cc2)C(=O)C1=Cc1cccc(Oc2ccc(Cl)cc2)c1. The molecule has 0 spiro atoms. The van der Waals surface area contributed by atoms with E-state index in [4.69, 9.17) is 40.2 Å². The third-order valence-corrected chi connectivity index (χ3v) is 5.19. The Balaban J connectivity index is 1.63. The van der Waals surface area contributed by atoms with E-state index in [0.29, 0.717) is 32.8 Å². The first-order valence-corrected chi connectivity index (χ1v) is 10.3. The Morgan fingerprint density at radius 2 is 1.52 bits per heavy atom. The van der Waals surface area contributed by atoms with Crippen LogP contribution in [0.4, 0.5) is 5.69 Å². The Morgan fingerprint density at radius 1 is 0.871 bits per heavy atom. The molecule has 1 saturated heterocycles. The number of hydrogen-bond acceptors (Lipinski definition) is 4. The van der Waals surface area contributed by atoms with Gasteiger partial charge >= 0.3 is 0 Å². The van der Waals surface area contributed by atoms with E-state index in [1.807, 2.05) is 0 Å². The van der Waals surface area contributed by atoms with Gasteiger partial charge in [0.25, 0.3) is 11.8 Å². The van der Waals surface area contributed by atoms with Crippen LogP contribution in [0.3, 0.4) is 0 Å². The van der Waals surface area contributed by atoms with Crippen molar-refractivity contribution in [2.24, 2.45) is 0 Å². The van der Waals surface area contributed by atoms with Crippen molar-refractivity contribution in [1.29, 1.82) is 0 Å². The van der Waals surface area contributed by atoms with Gasteiger partial charge in [0.2, 0.25) is 0 Å². The monoisotopic (exact) mass is 468 g/mol. The molecule has 0 unspecified atom stereocenters. The topological polar surface area (TPSA) is 58.6 Å². The zero-order valence-electron chi connectivity index (χ0n) is 15.8. The highest BCUT2D eigenvalue weighted by Crippen LogP contribution is 2.26. The van der Waals surface area contributed by atoms with Crippen molar-refractivity contribution in [3.8, 4) is 11.5 Å². The summed E-state index contributed by atoms with van der Waals surface area (Å²) in [7, 11) is 0. The van der Waals surface area contributed by atoms with Crippen LogP contribution in [0.5, 0.6) is 11.5 Å². The molecule has 1 fully saturated rings. The summed E-state index contributed by atoms with van der Waals surface area (Å²) >= 11 is 17.0. The first kappa shape index (κ1) is 21.1. The molecule has 1 aliphatic rings. The van der Waals surface area contributed by atoms with Gasteiger partial charge in [0, 0.05) is 10.0 Å². The van der Waals surface area contributed by atoms with Gasteiger partial charge in [0.15, 0.2) is 5.11 Å². The molecule has 1 N–H and O–H groups in total. The molecule has 8 heteroatoms. The summed E-state index contributed by atoms with van der Waals surface area (Å²) < 4.78 is 5.82. The van der Waals surface area contributed by atoms with E-state index < -0.39 is 11.8 Å². The Bertz CT molecular complexity index is 1210. The molecule has 154 valence electrons. The van der Waals surface area contributed by atoms with Gasteiger partial charge in [0.1, 0.15) is 17.1 Å². The predicted molar refractivity (Wildman–Crippen MR) is 126 cm³/mol. The fourth-order valence-corrected chi connectivity index (χ4v) is 3.49. The number of hydrogen-bond donors (Lipinski definition) is 1. The van der Waals surface area contributed by atoms with Gasteiger partial charge in [0.05, 0.1) is 5.69 Å². The van der Waals surface area contributed by atoms with Crippen molar-refractivity contribution < 1.29 is 14.3 Å². The fraction of sp³-hybridized carbons (Fsp3) is 0. The lowest BCUT2D eigenvalue weighted by atomic mass is 10.1. The van der Waals surface area contributed by atoms with Crippen LogP contribution >= 0.6 is 35.4 Å². The summed E-state index contributed by atoms with van der Waals surface area (Å²) in [5, 5.41) is 3.70. The quantitative estimate of drug-likeness (QED) is 0.306. The zero-order valence-corrected chi connectivity index (χ0v) is 18.2. The molecule has 0 saturated carbocycles. The molecule has 31 heavy (non-hydrogen) atoms. The number of nitrogens with one attached hydrogen (secondary N) is 1. The number of carbonyl (C=O) groups is 2. The van der Waals surface area contributed by atoms with Gasteiger partial charge in [-0.1, -0.05) is 35.3 Å². The molecule has 0 radical (unpaired) electrons. The fourth-order valence-electron chi connectivity index (χ4n) is 2.96. The van der Waals surface area contributed by atoms with Crippen LogP contribution in [0.2, 0.25) is 10.0 Å². The number of thiocarbonyl (C=S) groups is 1. The maximum atomic E-state index is 13.1. The number of halogens is 2. The zero-order chi connectivity index (χ0) is 22.0. The van der Waals surface area contributed by atoms with Gasteiger partial charge in [-0.25, -0.2) is 0 Å². The first-order chi connectivity index (χ1) is 14.9. The summed E-state index contributed by atoms with van der Waals surface area (Å²) in [6.07, 6.45) is 1.50. The van der Waals surface area contributed by atoms with Gasteiger partial charge in [-0.05, 0) is 84.5 Å². The van der Waals surface area contributed by atoms with Crippen molar-refractivity contribution in [2.75, 3.05) is 4.90 Å². The third-order valence-electron chi connectivity index (χ3n) is 4.40. The average Bonchev–Trinajstić information content (AvgIpc) is 2.74. The molecular formula is C23H14Cl2N2O3S. The number of amides is 2. The van der Waals surface area contributed by atoms with Gasteiger partial charge < -0.3 is 4.74 Å². The number of nitrogens with zero attached hydrogens (tertiary/aromatic N) is 1. The first-order valence-electron chi connectivity index (χ1n) is 9.11. The number of anilines is 1. The highest BCUT2D eigenvalue weighted by Gasteiger charge is 2.34. The minimum Gasteiger partial charge on any atom is -0.457 e. The molecule has 3 aromatic rings. The Morgan fingerprint density at radius 3 is 2.19 bits per heavy atom. The van der Waals surface area contributed by atoms with E-state index in [-0.39, 0.29) is 10.7 Å². The van der Waals surface area contributed by atoms with E-state index in [9.17, 15) is 9.59 Å². The minimum atomic E-state index is -0.566. The van der Waals surface area contributed by atoms with E-state index >= 15 is 0 Å². The molecule has 1 aliphatic heterocycles. The molecule has 1 heterocycles. The highest BCUT2D eigenvalue weighted by molar-refractivity contribution is 7.80. The van der Waals surface area contributed by atoms with Crippen LogP contribution < -0.4 is 15.0 Å². The summed E-state index contributed by atoms with van der Waals surface area (Å²) in [5.41, 5.74) is 1.08. The van der Waals surface area contributed by atoms with Crippen LogP contribution in [0.25, 0.3) is 6.08 Å². The van der Waals surface area contributed by atoms with Gasteiger partial charge in [-0.2, -0.15) is 0 Å². The van der Waals surface area contributed by atoms with Crippen LogP contribution in [-0.4, -0.2) is 16.9 Å². The third kappa shape index (κ3) is 4.77. The van der Waals surface area contributed by atoms with E-state index in [1.54, 1.807) is 72.8 Å². The lowest BCUT2D eigenvalue weighted by Gasteiger charge is -2.29. The molecule has 4 rings (SSSR count). The summed E-state index contributed by atoms with van der Waals surface area (Å²) in [6.45, 7) is 0. The molecule has 0 bridgehead atoms. The number of ether oxygens (including phenoxy) is 1. The van der Waals surface area contributed by atoms with Gasteiger partial charge in [-0.15, -0.1) is 0 Å². The molecule has 0 atom stereocenters. The molecule has 0 aromatic heterocycles. The Labute approximate surface area is 193 Å². The number of benzene rings is 3. The average molecular weight is 469 g/mol. The van der Waals surface area contributed by atoms with E-state index in [2.05, 4.69) is 5.32 Å². The molecule has 0 aliphatic carbocycles. The Kier molecular flexibility index (Phi) is 6.04. The molecule has 2 amide bonds. The van der Waals surface area contributed by atoms with Crippen molar-refractivity contribution in [3.05, 3.63) is 94.0 Å². The Hall–Kier alpha value is -3.19. The van der Waals surface area contributed by atoms with Crippen molar-refractivity contribution in [3.63, 3.8) is 0 Å². The maximum Gasteiger partial charge on any atom is 0.270 e. The van der Waals surface area contributed by atoms with Gasteiger partial charge in [-0.3, -0.25) is 19.8 Å². The minimum absolute atomic E-state index is 0.00861.